The summed E-state index contributed by atoms with van der Waals surface area (Å²) in [4.78, 5) is 19.8. The van der Waals surface area contributed by atoms with E-state index >= 15 is 8.78 Å². The molecule has 9 rings (SSSR count). The highest BCUT2D eigenvalue weighted by Gasteiger charge is 2.57. The second kappa shape index (κ2) is 10.7. The van der Waals surface area contributed by atoms with Crippen molar-refractivity contribution in [2.24, 2.45) is 0 Å². The standard InChI is InChI=1S/C34H30F3N9O2/c35-24-3-2-19-12-20(47)13-21(27(19)28(24)36)30-29(37)31-23(15-39-30)32(44-10-8-43(18-38)9-11-44)42-33(41-31)48-17-34-5-1-7-45(34)26-16-46-25(4-6-40-46)22(26)14-34/h2-4,6,12-13,15,22,26,47H,1,5,7-11,14,16-17H2. The summed E-state index contributed by atoms with van der Waals surface area (Å²) in [6, 6.07) is 7.16. The minimum absolute atomic E-state index is 0.00224. The van der Waals surface area contributed by atoms with E-state index in [0.717, 1.165) is 38.4 Å². The Morgan fingerprint density at radius 1 is 1.04 bits per heavy atom. The Hall–Kier alpha value is -5.16. The van der Waals surface area contributed by atoms with Crippen molar-refractivity contribution in [3.05, 3.63) is 65.9 Å². The van der Waals surface area contributed by atoms with Gasteiger partial charge in [-0.2, -0.15) is 20.3 Å². The van der Waals surface area contributed by atoms with E-state index < -0.39 is 17.5 Å². The second-order valence-electron chi connectivity index (χ2n) is 13.2. The molecule has 0 spiro atoms. The van der Waals surface area contributed by atoms with Gasteiger partial charge in [-0.3, -0.25) is 14.6 Å². The number of pyridine rings is 1. The van der Waals surface area contributed by atoms with Gasteiger partial charge < -0.3 is 19.6 Å². The minimum Gasteiger partial charge on any atom is -0.508 e. The van der Waals surface area contributed by atoms with Gasteiger partial charge in [0.1, 0.15) is 29.4 Å². The third-order valence-corrected chi connectivity index (χ3v) is 10.7. The largest absolute Gasteiger partial charge is 0.508 e. The summed E-state index contributed by atoms with van der Waals surface area (Å²) in [5.74, 6) is -2.63. The lowest BCUT2D eigenvalue weighted by Gasteiger charge is -2.35. The summed E-state index contributed by atoms with van der Waals surface area (Å²) in [6.45, 7) is 3.96. The number of phenols is 1. The quantitative estimate of drug-likeness (QED) is 0.271. The summed E-state index contributed by atoms with van der Waals surface area (Å²) < 4.78 is 54.8. The highest BCUT2D eigenvalue weighted by Crippen LogP contribution is 2.52. The molecule has 3 aromatic heterocycles. The number of rotatable bonds is 5. The van der Waals surface area contributed by atoms with E-state index in [-0.39, 0.29) is 44.8 Å². The SMILES string of the molecule is N#CN1CCN(c2nc(OCC34CCCN3C3Cn5nccc5C3C4)nc3c(F)c(-c4cc(O)cc5ccc(F)c(F)c45)ncc23)CC1. The molecule has 4 aliphatic rings. The zero-order valence-electron chi connectivity index (χ0n) is 25.8. The smallest absolute Gasteiger partial charge is 0.319 e. The fourth-order valence-electron chi connectivity index (χ4n) is 8.49. The predicted molar refractivity (Wildman–Crippen MR) is 169 cm³/mol. The van der Waals surface area contributed by atoms with Crippen LogP contribution in [0.15, 0.2) is 42.7 Å². The highest BCUT2D eigenvalue weighted by molar-refractivity contribution is 6.00. The van der Waals surface area contributed by atoms with Crippen molar-refractivity contribution in [3.8, 4) is 29.2 Å². The number of hydrogen-bond donors (Lipinski definition) is 1. The van der Waals surface area contributed by atoms with Crippen molar-refractivity contribution in [1.29, 1.82) is 5.26 Å². The Labute approximate surface area is 272 Å². The van der Waals surface area contributed by atoms with E-state index in [2.05, 4.69) is 36.9 Å². The van der Waals surface area contributed by atoms with Gasteiger partial charge in [-0.15, -0.1) is 0 Å². The first-order valence-electron chi connectivity index (χ1n) is 16.1. The summed E-state index contributed by atoms with van der Waals surface area (Å²) in [5.41, 5.74) is 0.532. The van der Waals surface area contributed by atoms with Crippen molar-refractivity contribution in [1.82, 2.24) is 34.5 Å². The molecule has 5 aromatic rings. The van der Waals surface area contributed by atoms with Crippen LogP contribution in [0.5, 0.6) is 11.8 Å². The number of benzene rings is 2. The zero-order chi connectivity index (χ0) is 32.7. The van der Waals surface area contributed by atoms with E-state index in [0.29, 0.717) is 55.9 Å². The average Bonchev–Trinajstić information content (AvgIpc) is 3.85. The fraction of sp³-hybridized carbons (Fsp3) is 0.382. The first-order valence-corrected chi connectivity index (χ1v) is 16.1. The predicted octanol–water partition coefficient (Wildman–Crippen LogP) is 4.55. The van der Waals surface area contributed by atoms with Crippen LogP contribution in [0.3, 0.4) is 0 Å². The Morgan fingerprint density at radius 3 is 2.73 bits per heavy atom. The van der Waals surface area contributed by atoms with Crippen molar-refractivity contribution < 1.29 is 23.0 Å². The van der Waals surface area contributed by atoms with E-state index in [1.807, 2.05) is 11.1 Å². The van der Waals surface area contributed by atoms with Crippen molar-refractivity contribution in [2.45, 2.75) is 43.3 Å². The van der Waals surface area contributed by atoms with Crippen LogP contribution in [0, 0.1) is 28.9 Å². The number of halogens is 3. The van der Waals surface area contributed by atoms with Crippen LogP contribution >= 0.6 is 0 Å². The van der Waals surface area contributed by atoms with Gasteiger partial charge in [0, 0.05) is 67.2 Å². The van der Waals surface area contributed by atoms with Gasteiger partial charge in [0.2, 0.25) is 0 Å². The third-order valence-electron chi connectivity index (χ3n) is 10.7. The molecular formula is C34H30F3N9O2. The maximum Gasteiger partial charge on any atom is 0.319 e. The highest BCUT2D eigenvalue weighted by atomic mass is 19.2. The fourth-order valence-corrected chi connectivity index (χ4v) is 8.49. The van der Waals surface area contributed by atoms with Crippen LogP contribution < -0.4 is 9.64 Å². The van der Waals surface area contributed by atoms with Gasteiger partial charge in [-0.25, -0.2) is 13.2 Å². The summed E-state index contributed by atoms with van der Waals surface area (Å²) in [7, 11) is 0. The molecule has 7 heterocycles. The molecule has 14 heteroatoms. The number of hydrogen-bond acceptors (Lipinski definition) is 10. The number of ether oxygens (including phenoxy) is 1. The summed E-state index contributed by atoms with van der Waals surface area (Å²) in [5, 5.41) is 24.6. The van der Waals surface area contributed by atoms with Crippen molar-refractivity contribution in [2.75, 3.05) is 44.2 Å². The molecule has 2 aromatic carbocycles. The van der Waals surface area contributed by atoms with Gasteiger partial charge in [0.25, 0.3) is 0 Å². The normalized spacial score (nSPS) is 23.5. The Bertz CT molecular complexity index is 2160. The lowest BCUT2D eigenvalue weighted by atomic mass is 9.88. The minimum atomic E-state index is -1.17. The first-order chi connectivity index (χ1) is 23.3. The molecule has 3 atom stereocenters. The number of phenolic OH excluding ortho intramolecular Hbond substituents is 1. The lowest BCUT2D eigenvalue weighted by Crippen LogP contribution is -2.47. The average molecular weight is 654 g/mol. The van der Waals surface area contributed by atoms with Gasteiger partial charge >= 0.3 is 6.01 Å². The molecule has 3 unspecified atom stereocenters. The van der Waals surface area contributed by atoms with Crippen LogP contribution in [-0.4, -0.2) is 90.6 Å². The Kier molecular flexibility index (Phi) is 6.45. The molecule has 48 heavy (non-hydrogen) atoms. The maximum absolute atomic E-state index is 16.7. The molecule has 3 saturated heterocycles. The first kappa shape index (κ1) is 29.0. The van der Waals surface area contributed by atoms with E-state index in [1.54, 1.807) is 4.90 Å². The molecule has 244 valence electrons. The Morgan fingerprint density at radius 2 is 1.90 bits per heavy atom. The van der Waals surface area contributed by atoms with Gasteiger partial charge in [-0.1, -0.05) is 6.07 Å². The topological polar surface area (TPSA) is 119 Å². The van der Waals surface area contributed by atoms with E-state index in [1.165, 1.54) is 30.1 Å². The number of aromatic nitrogens is 5. The van der Waals surface area contributed by atoms with Crippen LogP contribution in [0.4, 0.5) is 19.0 Å². The number of nitriles is 1. The van der Waals surface area contributed by atoms with Crippen LogP contribution in [-0.2, 0) is 6.54 Å². The molecule has 0 saturated carbocycles. The van der Waals surface area contributed by atoms with Gasteiger partial charge in [-0.05, 0) is 55.5 Å². The Balaban J connectivity index is 1.13. The number of aromatic hydroxyl groups is 1. The second-order valence-corrected chi connectivity index (χ2v) is 13.2. The lowest BCUT2D eigenvalue weighted by molar-refractivity contribution is 0.0803. The zero-order valence-corrected chi connectivity index (χ0v) is 25.8. The van der Waals surface area contributed by atoms with Crippen LogP contribution in [0.1, 0.15) is 30.9 Å². The molecule has 1 N–H and O–H groups in total. The molecule has 0 amide bonds. The number of fused-ring (bicyclic) bond motifs is 7. The molecule has 0 aliphatic carbocycles. The molecule has 0 bridgehead atoms. The van der Waals surface area contributed by atoms with Gasteiger partial charge in [0.15, 0.2) is 23.6 Å². The molecule has 4 aliphatic heterocycles. The molecule has 0 radical (unpaired) electrons. The monoisotopic (exact) mass is 653 g/mol. The van der Waals surface area contributed by atoms with E-state index in [9.17, 15) is 14.8 Å². The van der Waals surface area contributed by atoms with Crippen LogP contribution in [0.25, 0.3) is 32.9 Å². The summed E-state index contributed by atoms with van der Waals surface area (Å²) >= 11 is 0. The number of piperazine rings is 1. The van der Waals surface area contributed by atoms with Crippen LogP contribution in [0.2, 0.25) is 0 Å². The maximum atomic E-state index is 16.7. The molecule has 3 fully saturated rings. The summed E-state index contributed by atoms with van der Waals surface area (Å²) in [6.07, 6.45) is 8.34. The number of nitrogens with zero attached hydrogens (tertiary/aromatic N) is 9. The van der Waals surface area contributed by atoms with Gasteiger partial charge in [0.05, 0.1) is 17.5 Å². The molecule has 11 nitrogen and oxygen atoms in total. The third kappa shape index (κ3) is 4.30. The van der Waals surface area contributed by atoms with E-state index in [4.69, 9.17) is 9.72 Å². The number of anilines is 1. The van der Waals surface area contributed by atoms with Crippen molar-refractivity contribution >= 4 is 27.5 Å². The molecular weight excluding hydrogens is 623 g/mol. The van der Waals surface area contributed by atoms with Crippen molar-refractivity contribution in [3.63, 3.8) is 0 Å².